The Bertz CT molecular complexity index is 773. The maximum absolute atomic E-state index is 13.0. The summed E-state index contributed by atoms with van der Waals surface area (Å²) in [5, 5.41) is 14.0. The summed E-state index contributed by atoms with van der Waals surface area (Å²) >= 11 is 0. The standard InChI is InChI=1S/C17H19N3O4/c1-23-12-2-3-15-11(8-12)9-16(24-15)17(22)19-6-7-20-13(4-5-18-20)14(19)10-21/h2-5,8,14,16,21H,6-7,9-10H2,1H3. The van der Waals surface area contributed by atoms with Crippen LogP contribution >= 0.6 is 0 Å². The second-order valence-electron chi connectivity index (χ2n) is 5.99. The summed E-state index contributed by atoms with van der Waals surface area (Å²) in [6.45, 7) is 1.00. The summed E-state index contributed by atoms with van der Waals surface area (Å²) in [4.78, 5) is 14.7. The number of nitrogens with zero attached hydrogens (tertiary/aromatic N) is 3. The van der Waals surface area contributed by atoms with Gasteiger partial charge in [-0.15, -0.1) is 0 Å². The molecule has 2 unspecified atom stereocenters. The SMILES string of the molecule is COc1ccc2c(c1)CC(C(=O)N1CCn3nccc3C1CO)O2. The topological polar surface area (TPSA) is 76.8 Å². The first-order valence-electron chi connectivity index (χ1n) is 7.98. The molecule has 1 amide bonds. The number of aliphatic hydroxyl groups excluding tert-OH is 1. The number of benzene rings is 1. The molecule has 0 radical (unpaired) electrons. The van der Waals surface area contributed by atoms with E-state index in [4.69, 9.17) is 9.47 Å². The maximum Gasteiger partial charge on any atom is 0.264 e. The van der Waals surface area contributed by atoms with Gasteiger partial charge in [-0.05, 0) is 24.3 Å². The van der Waals surface area contributed by atoms with Crippen molar-refractivity contribution in [1.82, 2.24) is 14.7 Å². The minimum absolute atomic E-state index is 0.100. The van der Waals surface area contributed by atoms with Crippen molar-refractivity contribution >= 4 is 5.91 Å². The smallest absolute Gasteiger partial charge is 0.264 e. The largest absolute Gasteiger partial charge is 0.497 e. The highest BCUT2D eigenvalue weighted by molar-refractivity contribution is 5.83. The quantitative estimate of drug-likeness (QED) is 0.900. The van der Waals surface area contributed by atoms with Crippen LogP contribution in [0, 0.1) is 0 Å². The highest BCUT2D eigenvalue weighted by atomic mass is 16.5. The monoisotopic (exact) mass is 329 g/mol. The summed E-state index contributed by atoms with van der Waals surface area (Å²) in [7, 11) is 1.61. The molecule has 0 spiro atoms. The van der Waals surface area contributed by atoms with Crippen molar-refractivity contribution in [3.05, 3.63) is 41.7 Å². The Morgan fingerprint density at radius 3 is 3.08 bits per heavy atom. The Balaban J connectivity index is 1.55. The molecule has 126 valence electrons. The van der Waals surface area contributed by atoms with E-state index in [1.165, 1.54) is 0 Å². The van der Waals surface area contributed by atoms with Crippen molar-refractivity contribution in [3.8, 4) is 11.5 Å². The normalized spacial score (nSPS) is 21.8. The summed E-state index contributed by atoms with van der Waals surface area (Å²) in [6.07, 6.45) is 1.65. The number of carbonyl (C=O) groups excluding carboxylic acids is 1. The number of aliphatic hydroxyl groups is 1. The lowest BCUT2D eigenvalue weighted by Crippen LogP contribution is -2.49. The van der Waals surface area contributed by atoms with Gasteiger partial charge in [0, 0.05) is 24.7 Å². The first-order chi connectivity index (χ1) is 11.7. The van der Waals surface area contributed by atoms with Crippen LogP contribution in [0.3, 0.4) is 0 Å². The lowest BCUT2D eigenvalue weighted by molar-refractivity contribution is -0.142. The van der Waals surface area contributed by atoms with Gasteiger partial charge in [-0.1, -0.05) is 0 Å². The molecule has 2 aromatic rings. The molecule has 1 aromatic heterocycles. The summed E-state index contributed by atoms with van der Waals surface area (Å²) in [5.74, 6) is 1.37. The number of hydrogen-bond acceptors (Lipinski definition) is 5. The van der Waals surface area contributed by atoms with Crippen LogP contribution in [0.15, 0.2) is 30.5 Å². The van der Waals surface area contributed by atoms with E-state index in [-0.39, 0.29) is 18.6 Å². The molecule has 1 N–H and O–H groups in total. The van der Waals surface area contributed by atoms with Crippen LogP contribution in [0.4, 0.5) is 0 Å². The second-order valence-corrected chi connectivity index (χ2v) is 5.99. The molecule has 7 heteroatoms. The van der Waals surface area contributed by atoms with Crippen LogP contribution in [0.1, 0.15) is 17.3 Å². The number of carbonyl (C=O) groups is 1. The molecule has 1 aromatic carbocycles. The van der Waals surface area contributed by atoms with Gasteiger partial charge in [-0.3, -0.25) is 9.48 Å². The maximum atomic E-state index is 13.0. The fourth-order valence-corrected chi connectivity index (χ4v) is 3.46. The van der Waals surface area contributed by atoms with Crippen LogP contribution in [-0.4, -0.2) is 52.1 Å². The average molecular weight is 329 g/mol. The van der Waals surface area contributed by atoms with Crippen LogP contribution < -0.4 is 9.47 Å². The average Bonchev–Trinajstić information content (AvgIpc) is 3.25. The molecule has 0 aliphatic carbocycles. The lowest BCUT2D eigenvalue weighted by Gasteiger charge is -2.36. The molecular formula is C17H19N3O4. The highest BCUT2D eigenvalue weighted by Gasteiger charge is 2.38. The Morgan fingerprint density at radius 1 is 1.42 bits per heavy atom. The predicted molar refractivity (Wildman–Crippen MR) is 84.9 cm³/mol. The molecular weight excluding hydrogens is 310 g/mol. The molecule has 4 rings (SSSR count). The zero-order chi connectivity index (χ0) is 16.7. The first kappa shape index (κ1) is 15.0. The van der Waals surface area contributed by atoms with E-state index < -0.39 is 6.10 Å². The Labute approximate surface area is 139 Å². The van der Waals surface area contributed by atoms with Crippen LogP contribution in [0.25, 0.3) is 0 Å². The fourth-order valence-electron chi connectivity index (χ4n) is 3.46. The molecule has 0 fully saturated rings. The van der Waals surface area contributed by atoms with E-state index in [2.05, 4.69) is 5.10 Å². The van der Waals surface area contributed by atoms with Gasteiger partial charge in [0.25, 0.3) is 5.91 Å². The van der Waals surface area contributed by atoms with E-state index in [0.29, 0.717) is 19.5 Å². The Hall–Kier alpha value is -2.54. The number of hydrogen-bond donors (Lipinski definition) is 1. The van der Waals surface area contributed by atoms with Gasteiger partial charge in [0.05, 0.1) is 32.0 Å². The van der Waals surface area contributed by atoms with Gasteiger partial charge in [-0.25, -0.2) is 0 Å². The molecule has 24 heavy (non-hydrogen) atoms. The molecule has 0 saturated heterocycles. The van der Waals surface area contributed by atoms with E-state index in [0.717, 1.165) is 22.8 Å². The summed E-state index contributed by atoms with van der Waals surface area (Å²) in [6, 6.07) is 7.01. The zero-order valence-electron chi connectivity index (χ0n) is 13.4. The van der Waals surface area contributed by atoms with Crippen LogP contribution in [0.2, 0.25) is 0 Å². The fraction of sp³-hybridized carbons (Fsp3) is 0.412. The van der Waals surface area contributed by atoms with Crippen LogP contribution in [-0.2, 0) is 17.8 Å². The number of rotatable bonds is 3. The van der Waals surface area contributed by atoms with E-state index in [1.807, 2.05) is 28.9 Å². The van der Waals surface area contributed by atoms with Crippen molar-refractivity contribution in [2.45, 2.75) is 25.1 Å². The molecule has 0 saturated carbocycles. The third-order valence-corrected chi connectivity index (χ3v) is 4.69. The summed E-state index contributed by atoms with van der Waals surface area (Å²) in [5.41, 5.74) is 1.82. The Morgan fingerprint density at radius 2 is 2.29 bits per heavy atom. The van der Waals surface area contributed by atoms with Crippen molar-refractivity contribution in [2.24, 2.45) is 0 Å². The predicted octanol–water partition coefficient (Wildman–Crippen LogP) is 0.771. The van der Waals surface area contributed by atoms with E-state index in [1.54, 1.807) is 18.2 Å². The van der Waals surface area contributed by atoms with Gasteiger partial charge in [0.2, 0.25) is 0 Å². The number of ether oxygens (including phenoxy) is 2. The molecule has 2 atom stereocenters. The highest BCUT2D eigenvalue weighted by Crippen LogP contribution is 2.34. The first-order valence-corrected chi connectivity index (χ1v) is 7.98. The van der Waals surface area contributed by atoms with E-state index >= 15 is 0 Å². The van der Waals surface area contributed by atoms with Gasteiger partial charge in [0.1, 0.15) is 11.5 Å². The third-order valence-electron chi connectivity index (χ3n) is 4.69. The van der Waals surface area contributed by atoms with Crippen molar-refractivity contribution < 1.29 is 19.4 Å². The molecule has 3 heterocycles. The number of aromatic nitrogens is 2. The minimum atomic E-state index is -0.560. The number of amides is 1. The minimum Gasteiger partial charge on any atom is -0.497 e. The third kappa shape index (κ3) is 2.32. The molecule has 7 nitrogen and oxygen atoms in total. The van der Waals surface area contributed by atoms with Gasteiger partial charge < -0.3 is 19.5 Å². The summed E-state index contributed by atoms with van der Waals surface area (Å²) < 4.78 is 12.9. The lowest BCUT2D eigenvalue weighted by atomic mass is 10.1. The van der Waals surface area contributed by atoms with Crippen molar-refractivity contribution in [1.29, 1.82) is 0 Å². The van der Waals surface area contributed by atoms with Crippen molar-refractivity contribution in [2.75, 3.05) is 20.3 Å². The van der Waals surface area contributed by atoms with Gasteiger partial charge >= 0.3 is 0 Å². The van der Waals surface area contributed by atoms with Gasteiger partial charge in [-0.2, -0.15) is 5.10 Å². The number of methoxy groups -OCH3 is 1. The second kappa shape index (κ2) is 5.83. The van der Waals surface area contributed by atoms with Gasteiger partial charge in [0.15, 0.2) is 6.10 Å². The molecule has 2 aliphatic heterocycles. The molecule has 2 aliphatic rings. The number of fused-ring (bicyclic) bond motifs is 2. The van der Waals surface area contributed by atoms with E-state index in [9.17, 15) is 9.90 Å². The van der Waals surface area contributed by atoms with Crippen LogP contribution in [0.5, 0.6) is 11.5 Å². The van der Waals surface area contributed by atoms with Crippen molar-refractivity contribution in [3.63, 3.8) is 0 Å². The molecule has 0 bridgehead atoms. The Kier molecular flexibility index (Phi) is 3.65. The zero-order valence-corrected chi connectivity index (χ0v) is 13.4.